The van der Waals surface area contributed by atoms with Gasteiger partial charge in [-0.3, -0.25) is 4.79 Å². The highest BCUT2D eigenvalue weighted by Gasteiger charge is 2.07. The average Bonchev–Trinajstić information content (AvgIpc) is 2.46. The summed E-state index contributed by atoms with van der Waals surface area (Å²) >= 11 is 0. The maximum Gasteiger partial charge on any atom is 0.255 e. The summed E-state index contributed by atoms with van der Waals surface area (Å²) < 4.78 is 13.0. The summed E-state index contributed by atoms with van der Waals surface area (Å²) in [6, 6.07) is 8.97. The largest absolute Gasteiger partial charge is 0.367 e. The molecule has 20 heavy (non-hydrogen) atoms. The van der Waals surface area contributed by atoms with Crippen LogP contribution in [0.1, 0.15) is 10.4 Å². The molecule has 0 spiro atoms. The van der Waals surface area contributed by atoms with E-state index in [9.17, 15) is 9.18 Å². The Bertz CT molecular complexity index is 611. The van der Waals surface area contributed by atoms with Crippen LogP contribution in [0.2, 0.25) is 0 Å². The molecule has 1 aromatic heterocycles. The summed E-state index contributed by atoms with van der Waals surface area (Å²) in [5.74, 6) is -0.133. The van der Waals surface area contributed by atoms with E-state index in [4.69, 9.17) is 0 Å². The van der Waals surface area contributed by atoms with Gasteiger partial charge in [0, 0.05) is 12.1 Å². The maximum absolute atomic E-state index is 13.0. The van der Waals surface area contributed by atoms with Crippen LogP contribution < -0.4 is 10.6 Å². The van der Waals surface area contributed by atoms with E-state index in [2.05, 4.69) is 22.2 Å². The minimum absolute atomic E-state index is 0.263. The molecule has 5 heteroatoms. The fraction of sp³-hybridized carbons (Fsp3) is 0.0667. The first-order chi connectivity index (χ1) is 9.69. The number of amides is 1. The molecule has 0 atom stereocenters. The molecule has 0 unspecified atom stereocenters. The molecule has 0 saturated carbocycles. The molecule has 0 fully saturated rings. The Hall–Kier alpha value is -2.69. The molecule has 4 nitrogen and oxygen atoms in total. The van der Waals surface area contributed by atoms with E-state index in [-0.39, 0.29) is 11.5 Å². The lowest BCUT2D eigenvalue weighted by Gasteiger charge is -2.06. The van der Waals surface area contributed by atoms with Gasteiger partial charge in [0.1, 0.15) is 11.6 Å². The van der Waals surface area contributed by atoms with Crippen LogP contribution in [0, 0.1) is 5.82 Å². The third kappa shape index (κ3) is 3.65. The Kier molecular flexibility index (Phi) is 4.44. The van der Waals surface area contributed by atoms with E-state index in [1.54, 1.807) is 24.3 Å². The number of halogens is 1. The molecule has 0 aliphatic heterocycles. The lowest BCUT2D eigenvalue weighted by Crippen LogP contribution is -2.12. The van der Waals surface area contributed by atoms with Crippen molar-refractivity contribution in [3.8, 4) is 0 Å². The van der Waals surface area contributed by atoms with Gasteiger partial charge >= 0.3 is 0 Å². The van der Waals surface area contributed by atoms with Crippen LogP contribution in [-0.2, 0) is 0 Å². The minimum atomic E-state index is -0.445. The second kappa shape index (κ2) is 6.47. The zero-order valence-electron chi connectivity index (χ0n) is 10.8. The van der Waals surface area contributed by atoms with Crippen molar-refractivity contribution in [2.24, 2.45) is 0 Å². The Balaban J connectivity index is 2.02. The third-order valence-corrected chi connectivity index (χ3v) is 2.54. The summed E-state index contributed by atoms with van der Waals surface area (Å²) in [5, 5.41) is 5.68. The molecule has 0 aliphatic carbocycles. The molecule has 102 valence electrons. The van der Waals surface area contributed by atoms with Crippen molar-refractivity contribution in [1.29, 1.82) is 0 Å². The Labute approximate surface area is 116 Å². The highest BCUT2D eigenvalue weighted by molar-refractivity contribution is 6.04. The molecule has 2 aromatic rings. The molecule has 2 N–H and O–H groups in total. The summed E-state index contributed by atoms with van der Waals surface area (Å²) in [4.78, 5) is 16.0. The van der Waals surface area contributed by atoms with Gasteiger partial charge in [-0.1, -0.05) is 12.1 Å². The van der Waals surface area contributed by atoms with Crippen molar-refractivity contribution in [3.05, 3.63) is 66.6 Å². The van der Waals surface area contributed by atoms with Gasteiger partial charge in [0.15, 0.2) is 0 Å². The van der Waals surface area contributed by atoms with Gasteiger partial charge < -0.3 is 10.6 Å². The van der Waals surface area contributed by atoms with E-state index in [1.807, 2.05) is 0 Å². The normalized spacial score (nSPS) is 9.85. The Morgan fingerprint density at radius 2 is 2.20 bits per heavy atom. The minimum Gasteiger partial charge on any atom is -0.367 e. The number of nitrogens with one attached hydrogen (secondary N) is 2. The van der Waals surface area contributed by atoms with Crippen molar-refractivity contribution < 1.29 is 9.18 Å². The van der Waals surface area contributed by atoms with Crippen molar-refractivity contribution in [2.45, 2.75) is 0 Å². The van der Waals surface area contributed by atoms with Crippen LogP contribution in [0.5, 0.6) is 0 Å². The number of carbonyl (C=O) groups excluding carboxylic acids is 1. The van der Waals surface area contributed by atoms with Gasteiger partial charge in [0.2, 0.25) is 0 Å². The zero-order chi connectivity index (χ0) is 14.4. The molecular formula is C15H14FN3O. The zero-order valence-corrected chi connectivity index (χ0v) is 10.8. The van der Waals surface area contributed by atoms with E-state index in [0.29, 0.717) is 18.1 Å². The first-order valence-electron chi connectivity index (χ1n) is 6.07. The molecule has 0 aliphatic rings. The fourth-order valence-electron chi connectivity index (χ4n) is 1.58. The lowest BCUT2D eigenvalue weighted by molar-refractivity contribution is 0.102. The molecule has 1 heterocycles. The summed E-state index contributed by atoms with van der Waals surface area (Å²) in [7, 11) is 0. The van der Waals surface area contributed by atoms with Crippen molar-refractivity contribution >= 4 is 17.4 Å². The maximum atomic E-state index is 13.0. The standard InChI is InChI=1S/C15H14FN3O/c1-2-8-17-14-7-6-13(10-18-14)19-15(20)11-4-3-5-12(16)9-11/h2-7,9-10H,1,8H2,(H,17,18)(H,19,20). The van der Waals surface area contributed by atoms with E-state index < -0.39 is 5.82 Å². The molecule has 0 radical (unpaired) electrons. The van der Waals surface area contributed by atoms with Gasteiger partial charge in [-0.2, -0.15) is 0 Å². The monoisotopic (exact) mass is 271 g/mol. The van der Waals surface area contributed by atoms with Crippen molar-refractivity contribution in [1.82, 2.24) is 4.98 Å². The number of nitrogens with zero attached hydrogens (tertiary/aromatic N) is 1. The predicted octanol–water partition coefficient (Wildman–Crippen LogP) is 3.07. The number of hydrogen-bond donors (Lipinski definition) is 2. The van der Waals surface area contributed by atoms with Crippen molar-refractivity contribution in [2.75, 3.05) is 17.2 Å². The highest BCUT2D eigenvalue weighted by atomic mass is 19.1. The Morgan fingerprint density at radius 1 is 1.35 bits per heavy atom. The number of carbonyl (C=O) groups is 1. The smallest absolute Gasteiger partial charge is 0.255 e. The summed E-state index contributed by atoms with van der Waals surface area (Å²) in [5.41, 5.74) is 0.808. The second-order valence-electron chi connectivity index (χ2n) is 4.07. The number of benzene rings is 1. The van der Waals surface area contributed by atoms with Crippen LogP contribution in [0.15, 0.2) is 55.3 Å². The summed E-state index contributed by atoms with van der Waals surface area (Å²) in [6.45, 7) is 4.21. The Morgan fingerprint density at radius 3 is 2.85 bits per heavy atom. The fourth-order valence-corrected chi connectivity index (χ4v) is 1.58. The molecular weight excluding hydrogens is 257 g/mol. The molecule has 1 amide bonds. The van der Waals surface area contributed by atoms with Crippen LogP contribution >= 0.6 is 0 Å². The van der Waals surface area contributed by atoms with E-state index >= 15 is 0 Å². The topological polar surface area (TPSA) is 54.0 Å². The van der Waals surface area contributed by atoms with Gasteiger partial charge in [-0.25, -0.2) is 9.37 Å². The van der Waals surface area contributed by atoms with Crippen LogP contribution in [0.3, 0.4) is 0 Å². The lowest BCUT2D eigenvalue weighted by atomic mass is 10.2. The van der Waals surface area contributed by atoms with E-state index in [0.717, 1.165) is 0 Å². The molecule has 1 aromatic carbocycles. The molecule has 0 bridgehead atoms. The van der Waals surface area contributed by atoms with Gasteiger partial charge in [0.05, 0.1) is 11.9 Å². The third-order valence-electron chi connectivity index (χ3n) is 2.54. The van der Waals surface area contributed by atoms with Gasteiger partial charge in [-0.15, -0.1) is 6.58 Å². The first kappa shape index (κ1) is 13.7. The second-order valence-corrected chi connectivity index (χ2v) is 4.07. The highest BCUT2D eigenvalue weighted by Crippen LogP contribution is 2.12. The number of hydrogen-bond acceptors (Lipinski definition) is 3. The van der Waals surface area contributed by atoms with Crippen LogP contribution in [0.25, 0.3) is 0 Å². The van der Waals surface area contributed by atoms with Crippen molar-refractivity contribution in [3.63, 3.8) is 0 Å². The van der Waals surface area contributed by atoms with Gasteiger partial charge in [-0.05, 0) is 30.3 Å². The average molecular weight is 271 g/mol. The quantitative estimate of drug-likeness (QED) is 0.822. The van der Waals surface area contributed by atoms with Gasteiger partial charge in [0.25, 0.3) is 5.91 Å². The number of pyridine rings is 1. The first-order valence-corrected chi connectivity index (χ1v) is 6.07. The number of aromatic nitrogens is 1. The molecule has 0 saturated heterocycles. The van der Waals surface area contributed by atoms with Crippen LogP contribution in [-0.4, -0.2) is 17.4 Å². The summed E-state index contributed by atoms with van der Waals surface area (Å²) in [6.07, 6.45) is 3.25. The number of anilines is 2. The molecule has 2 rings (SSSR count). The van der Waals surface area contributed by atoms with Crippen LogP contribution in [0.4, 0.5) is 15.9 Å². The SMILES string of the molecule is C=CCNc1ccc(NC(=O)c2cccc(F)c2)cn1. The van der Waals surface area contributed by atoms with E-state index in [1.165, 1.54) is 24.4 Å². The predicted molar refractivity (Wildman–Crippen MR) is 77.3 cm³/mol. The number of rotatable bonds is 5.